The normalized spacial score (nSPS) is 12.2. The van der Waals surface area contributed by atoms with Gasteiger partial charge in [0.15, 0.2) is 0 Å². The van der Waals surface area contributed by atoms with E-state index in [1.54, 1.807) is 0 Å². The molecule has 0 saturated carbocycles. The Labute approximate surface area is 195 Å². The maximum absolute atomic E-state index is 6.27. The van der Waals surface area contributed by atoms with Gasteiger partial charge in [-0.05, 0) is 48.5 Å². The maximum Gasteiger partial charge on any atom is 0.136 e. The molecule has 0 spiro atoms. The van der Waals surface area contributed by atoms with Crippen molar-refractivity contribution in [3.05, 3.63) is 97.1 Å². The third-order valence-electron chi connectivity index (χ3n) is 6.91. The van der Waals surface area contributed by atoms with Crippen LogP contribution < -0.4 is 5.46 Å². The molecule has 8 rings (SSSR count). The second kappa shape index (κ2) is 6.33. The first-order valence-corrected chi connectivity index (χ1v) is 11.3. The molecule has 3 nitrogen and oxygen atoms in total. The molecule has 0 aliphatic heterocycles. The van der Waals surface area contributed by atoms with Crippen molar-refractivity contribution in [2.24, 2.45) is 0 Å². The molecule has 5 aromatic carbocycles. The largest absolute Gasteiger partial charge is 0.456 e. The summed E-state index contributed by atoms with van der Waals surface area (Å²) in [6.07, 6.45) is 0. The Morgan fingerprint density at radius 3 is 1.65 bits per heavy atom. The van der Waals surface area contributed by atoms with Crippen molar-refractivity contribution in [1.29, 1.82) is 0 Å². The van der Waals surface area contributed by atoms with Crippen LogP contribution in [-0.4, -0.2) is 12.4 Å². The van der Waals surface area contributed by atoms with Crippen molar-refractivity contribution in [2.75, 3.05) is 0 Å². The summed E-state index contributed by atoms with van der Waals surface area (Å²) in [6.45, 7) is 0. The summed E-state index contributed by atoms with van der Waals surface area (Å²) in [5.74, 6) is 0. The van der Waals surface area contributed by atoms with Crippen molar-refractivity contribution in [3.8, 4) is 5.69 Å². The van der Waals surface area contributed by atoms with E-state index in [0.29, 0.717) is 0 Å². The van der Waals surface area contributed by atoms with E-state index >= 15 is 0 Å². The van der Waals surface area contributed by atoms with Crippen molar-refractivity contribution < 1.29 is 8.83 Å². The van der Waals surface area contributed by atoms with Crippen molar-refractivity contribution in [2.45, 2.75) is 0 Å². The molecular formula is C30H16BNO2. The molecule has 156 valence electrons. The van der Waals surface area contributed by atoms with Crippen LogP contribution in [0.5, 0.6) is 0 Å². The minimum absolute atomic E-state index is 0.718. The van der Waals surface area contributed by atoms with E-state index in [-0.39, 0.29) is 0 Å². The average molecular weight is 433 g/mol. The van der Waals surface area contributed by atoms with Gasteiger partial charge in [-0.15, -0.1) is 0 Å². The smallest absolute Gasteiger partial charge is 0.136 e. The summed E-state index contributed by atoms with van der Waals surface area (Å²) >= 11 is 0. The van der Waals surface area contributed by atoms with Gasteiger partial charge in [0.25, 0.3) is 0 Å². The van der Waals surface area contributed by atoms with E-state index < -0.39 is 0 Å². The summed E-state index contributed by atoms with van der Waals surface area (Å²) in [5.41, 5.74) is 7.55. The highest BCUT2D eigenvalue weighted by Crippen LogP contribution is 2.38. The fourth-order valence-electron chi connectivity index (χ4n) is 5.39. The van der Waals surface area contributed by atoms with Crippen LogP contribution >= 0.6 is 0 Å². The van der Waals surface area contributed by atoms with E-state index in [0.717, 1.165) is 55.0 Å². The SMILES string of the molecule is [B]c1ccc2oc3cc4c(cc3c2c1)oc1ccc(-n2c3ccccc3c3ccccc32)cc14. The molecule has 0 bridgehead atoms. The molecule has 0 aliphatic rings. The van der Waals surface area contributed by atoms with Crippen LogP contribution in [0.25, 0.3) is 71.4 Å². The summed E-state index contributed by atoms with van der Waals surface area (Å²) in [4.78, 5) is 0. The molecule has 34 heavy (non-hydrogen) atoms. The maximum atomic E-state index is 6.27. The number of hydrogen-bond donors (Lipinski definition) is 0. The molecule has 0 amide bonds. The molecule has 8 aromatic rings. The Bertz CT molecular complexity index is 2040. The number of rotatable bonds is 1. The Balaban J connectivity index is 1.44. The van der Waals surface area contributed by atoms with Crippen molar-refractivity contribution in [1.82, 2.24) is 4.57 Å². The van der Waals surface area contributed by atoms with Crippen LogP contribution in [0.2, 0.25) is 0 Å². The number of benzene rings is 5. The monoisotopic (exact) mass is 433 g/mol. The van der Waals surface area contributed by atoms with Crippen LogP contribution in [0, 0.1) is 0 Å². The highest BCUT2D eigenvalue weighted by Gasteiger charge is 2.16. The highest BCUT2D eigenvalue weighted by molar-refractivity contribution is 6.33. The van der Waals surface area contributed by atoms with E-state index in [9.17, 15) is 0 Å². The lowest BCUT2D eigenvalue weighted by molar-refractivity contribution is 0.664. The second-order valence-electron chi connectivity index (χ2n) is 8.85. The molecule has 0 N–H and O–H groups in total. The molecule has 4 heteroatoms. The fourth-order valence-corrected chi connectivity index (χ4v) is 5.39. The quantitative estimate of drug-likeness (QED) is 0.253. The zero-order valence-corrected chi connectivity index (χ0v) is 18.1. The molecule has 2 radical (unpaired) electrons. The van der Waals surface area contributed by atoms with Gasteiger partial charge >= 0.3 is 0 Å². The van der Waals surface area contributed by atoms with Crippen molar-refractivity contribution >= 4 is 79.0 Å². The number of hydrogen-bond acceptors (Lipinski definition) is 2. The third-order valence-corrected chi connectivity index (χ3v) is 6.91. The standard InChI is InChI=1S/C30H16BNO2/c31-17-9-11-27-21(13-17)23-15-30-24(16-29(23)33-27)22-14-18(10-12-28(22)34-30)32-25-7-3-1-5-19(25)20-6-2-4-8-26(20)32/h1-16H. The lowest BCUT2D eigenvalue weighted by atomic mass is 9.94. The van der Waals surface area contributed by atoms with Gasteiger partial charge < -0.3 is 13.4 Å². The van der Waals surface area contributed by atoms with Gasteiger partial charge in [-0.25, -0.2) is 0 Å². The second-order valence-corrected chi connectivity index (χ2v) is 8.85. The topological polar surface area (TPSA) is 31.2 Å². The minimum Gasteiger partial charge on any atom is -0.456 e. The molecule has 0 unspecified atom stereocenters. The molecule has 0 saturated heterocycles. The number of nitrogens with zero attached hydrogens (tertiary/aromatic N) is 1. The van der Waals surface area contributed by atoms with E-state index in [2.05, 4.69) is 83.4 Å². The predicted molar refractivity (Wildman–Crippen MR) is 141 cm³/mol. The molecule has 3 aromatic heterocycles. The Hall–Kier alpha value is -4.44. The zero-order valence-electron chi connectivity index (χ0n) is 18.1. The predicted octanol–water partition coefficient (Wildman–Crippen LogP) is 7.38. The lowest BCUT2D eigenvalue weighted by Crippen LogP contribution is -1.98. The van der Waals surface area contributed by atoms with Crippen LogP contribution in [0.15, 0.2) is 106 Å². The highest BCUT2D eigenvalue weighted by atomic mass is 16.3. The first-order chi connectivity index (χ1) is 16.7. The third kappa shape index (κ3) is 2.32. The van der Waals surface area contributed by atoms with Crippen LogP contribution in [0.3, 0.4) is 0 Å². The fraction of sp³-hybridized carbons (Fsp3) is 0. The zero-order chi connectivity index (χ0) is 22.4. The summed E-state index contributed by atoms with van der Waals surface area (Å²) < 4.78 is 14.7. The summed E-state index contributed by atoms with van der Waals surface area (Å²) in [7, 11) is 6.02. The van der Waals surface area contributed by atoms with Crippen LogP contribution in [0.1, 0.15) is 0 Å². The number of aromatic nitrogens is 1. The van der Waals surface area contributed by atoms with E-state index in [1.165, 1.54) is 21.8 Å². The van der Waals surface area contributed by atoms with E-state index in [1.807, 2.05) is 18.2 Å². The van der Waals surface area contributed by atoms with Gasteiger partial charge in [0.2, 0.25) is 0 Å². The first-order valence-electron chi connectivity index (χ1n) is 11.3. The molecule has 3 heterocycles. The number of para-hydroxylation sites is 2. The van der Waals surface area contributed by atoms with Crippen LogP contribution in [0.4, 0.5) is 0 Å². The first kappa shape index (κ1) is 18.0. The molecule has 0 fully saturated rings. The Kier molecular flexibility index (Phi) is 3.36. The van der Waals surface area contributed by atoms with Gasteiger partial charge in [-0.1, -0.05) is 54.0 Å². The van der Waals surface area contributed by atoms with Gasteiger partial charge in [0.1, 0.15) is 30.2 Å². The van der Waals surface area contributed by atoms with E-state index in [4.69, 9.17) is 16.7 Å². The van der Waals surface area contributed by atoms with Gasteiger partial charge in [0.05, 0.1) is 11.0 Å². The molecular weight excluding hydrogens is 417 g/mol. The van der Waals surface area contributed by atoms with Crippen LogP contribution in [-0.2, 0) is 0 Å². The minimum atomic E-state index is 0.718. The Morgan fingerprint density at radius 1 is 0.471 bits per heavy atom. The van der Waals surface area contributed by atoms with Gasteiger partial charge in [-0.3, -0.25) is 0 Å². The summed E-state index contributed by atoms with van der Waals surface area (Å²) in [5, 5.41) is 6.62. The number of furan rings is 2. The Morgan fingerprint density at radius 2 is 1.00 bits per heavy atom. The summed E-state index contributed by atoms with van der Waals surface area (Å²) in [6, 6.07) is 33.4. The molecule has 0 aliphatic carbocycles. The van der Waals surface area contributed by atoms with Crippen molar-refractivity contribution in [3.63, 3.8) is 0 Å². The molecule has 0 atom stereocenters. The van der Waals surface area contributed by atoms with Gasteiger partial charge in [0, 0.05) is 38.0 Å². The number of fused-ring (bicyclic) bond motifs is 9. The lowest BCUT2D eigenvalue weighted by Gasteiger charge is -2.07. The average Bonchev–Trinajstić information content (AvgIpc) is 3.51. The van der Waals surface area contributed by atoms with Gasteiger partial charge in [-0.2, -0.15) is 0 Å².